The predicted molar refractivity (Wildman–Crippen MR) is 123 cm³/mol. The van der Waals surface area contributed by atoms with E-state index >= 15 is 0 Å². The molecule has 0 bridgehead atoms. The lowest BCUT2D eigenvalue weighted by molar-refractivity contribution is 0.102. The van der Waals surface area contributed by atoms with E-state index in [0.29, 0.717) is 21.6 Å². The summed E-state index contributed by atoms with van der Waals surface area (Å²) in [5.41, 5.74) is 5.17. The van der Waals surface area contributed by atoms with Crippen molar-refractivity contribution in [3.8, 4) is 5.69 Å². The quantitative estimate of drug-likeness (QED) is 0.253. The van der Waals surface area contributed by atoms with Crippen molar-refractivity contribution >= 4 is 28.4 Å². The standard InChI is InChI=1S/C25H22N2O2S/c1-16-8-10-19(11-9-16)23(28)15-30-25-26-22-7-5-4-6-21(22)24(29)27(25)20-13-17(2)12-18(3)14-20/h4-14H,15H2,1-3H3. The van der Waals surface area contributed by atoms with Crippen LogP contribution >= 0.6 is 11.8 Å². The van der Waals surface area contributed by atoms with Crippen molar-refractivity contribution in [3.63, 3.8) is 0 Å². The summed E-state index contributed by atoms with van der Waals surface area (Å²) < 4.78 is 1.62. The van der Waals surface area contributed by atoms with Crippen molar-refractivity contribution in [1.82, 2.24) is 9.55 Å². The fourth-order valence-electron chi connectivity index (χ4n) is 3.47. The third-order valence-electron chi connectivity index (χ3n) is 4.92. The highest BCUT2D eigenvalue weighted by atomic mass is 32.2. The minimum absolute atomic E-state index is 0.00869. The Morgan fingerprint density at radius 1 is 0.900 bits per heavy atom. The second-order valence-electron chi connectivity index (χ2n) is 7.48. The van der Waals surface area contributed by atoms with Gasteiger partial charge in [0, 0.05) is 5.56 Å². The van der Waals surface area contributed by atoms with Gasteiger partial charge in [0.25, 0.3) is 5.56 Å². The zero-order chi connectivity index (χ0) is 21.3. The van der Waals surface area contributed by atoms with E-state index in [0.717, 1.165) is 22.4 Å². The van der Waals surface area contributed by atoms with Crippen molar-refractivity contribution in [1.29, 1.82) is 0 Å². The van der Waals surface area contributed by atoms with E-state index in [4.69, 9.17) is 4.98 Å². The van der Waals surface area contributed by atoms with Crippen LogP contribution in [-0.2, 0) is 0 Å². The first kappa shape index (κ1) is 20.1. The number of hydrogen-bond acceptors (Lipinski definition) is 4. The van der Waals surface area contributed by atoms with Crippen LogP contribution in [0.15, 0.2) is 76.7 Å². The van der Waals surface area contributed by atoms with Gasteiger partial charge in [0.2, 0.25) is 0 Å². The van der Waals surface area contributed by atoms with Crippen molar-refractivity contribution in [2.24, 2.45) is 0 Å². The minimum atomic E-state index is -0.129. The molecule has 150 valence electrons. The van der Waals surface area contributed by atoms with Crippen molar-refractivity contribution in [2.75, 3.05) is 5.75 Å². The summed E-state index contributed by atoms with van der Waals surface area (Å²) in [5.74, 6) is 0.216. The van der Waals surface area contributed by atoms with Gasteiger partial charge >= 0.3 is 0 Å². The highest BCUT2D eigenvalue weighted by molar-refractivity contribution is 7.99. The number of nitrogens with zero attached hydrogens (tertiary/aromatic N) is 2. The number of para-hydroxylation sites is 1. The molecule has 0 radical (unpaired) electrons. The molecule has 4 nitrogen and oxygen atoms in total. The Morgan fingerprint density at radius 3 is 2.27 bits per heavy atom. The minimum Gasteiger partial charge on any atom is -0.293 e. The van der Waals surface area contributed by atoms with Crippen LogP contribution < -0.4 is 5.56 Å². The van der Waals surface area contributed by atoms with Crippen LogP contribution in [0.1, 0.15) is 27.0 Å². The maximum absolute atomic E-state index is 13.3. The van der Waals surface area contributed by atoms with Gasteiger partial charge in [0.05, 0.1) is 22.3 Å². The number of thioether (sulfide) groups is 1. The van der Waals surface area contributed by atoms with Crippen LogP contribution in [0.25, 0.3) is 16.6 Å². The predicted octanol–water partition coefficient (Wildman–Crippen LogP) is 5.29. The second-order valence-corrected chi connectivity index (χ2v) is 8.42. The Labute approximate surface area is 179 Å². The molecule has 1 heterocycles. The average molecular weight is 415 g/mol. The van der Waals surface area contributed by atoms with Gasteiger partial charge in [-0.1, -0.05) is 59.8 Å². The molecule has 4 rings (SSSR count). The van der Waals surface area contributed by atoms with Crippen LogP contribution in [0, 0.1) is 20.8 Å². The van der Waals surface area contributed by atoms with E-state index < -0.39 is 0 Å². The third-order valence-corrected chi connectivity index (χ3v) is 5.85. The normalized spacial score (nSPS) is 11.0. The van der Waals surface area contributed by atoms with Gasteiger partial charge in [-0.2, -0.15) is 0 Å². The van der Waals surface area contributed by atoms with Crippen LogP contribution in [-0.4, -0.2) is 21.1 Å². The topological polar surface area (TPSA) is 52.0 Å². The summed E-state index contributed by atoms with van der Waals surface area (Å²) in [6, 6.07) is 20.8. The lowest BCUT2D eigenvalue weighted by Gasteiger charge is -2.14. The number of hydrogen-bond donors (Lipinski definition) is 0. The summed E-state index contributed by atoms with van der Waals surface area (Å²) in [4.78, 5) is 30.8. The molecule has 5 heteroatoms. The van der Waals surface area contributed by atoms with Gasteiger partial charge in [-0.15, -0.1) is 0 Å². The number of benzene rings is 3. The van der Waals surface area contributed by atoms with Crippen LogP contribution in [0.3, 0.4) is 0 Å². The highest BCUT2D eigenvalue weighted by Gasteiger charge is 2.16. The number of ketones is 1. The molecule has 0 saturated heterocycles. The number of carbonyl (C=O) groups excluding carboxylic acids is 1. The van der Waals surface area contributed by atoms with Gasteiger partial charge < -0.3 is 0 Å². The smallest absolute Gasteiger partial charge is 0.266 e. The molecule has 0 spiro atoms. The molecule has 0 atom stereocenters. The molecular weight excluding hydrogens is 392 g/mol. The SMILES string of the molecule is Cc1ccc(C(=O)CSc2nc3ccccc3c(=O)n2-c2cc(C)cc(C)c2)cc1. The third kappa shape index (κ3) is 4.07. The fourth-order valence-corrected chi connectivity index (χ4v) is 4.38. The summed E-state index contributed by atoms with van der Waals surface area (Å²) in [7, 11) is 0. The summed E-state index contributed by atoms with van der Waals surface area (Å²) in [6.07, 6.45) is 0. The maximum atomic E-state index is 13.3. The summed E-state index contributed by atoms with van der Waals surface area (Å²) >= 11 is 1.29. The highest BCUT2D eigenvalue weighted by Crippen LogP contribution is 2.23. The average Bonchev–Trinajstić information content (AvgIpc) is 2.72. The Morgan fingerprint density at radius 2 is 1.57 bits per heavy atom. The molecular formula is C25H22N2O2S. The number of fused-ring (bicyclic) bond motifs is 1. The van der Waals surface area contributed by atoms with Crippen molar-refractivity contribution < 1.29 is 4.79 Å². The molecule has 0 saturated carbocycles. The first-order valence-electron chi connectivity index (χ1n) is 9.75. The Hall–Kier alpha value is -3.18. The van der Waals surface area contributed by atoms with Gasteiger partial charge in [0.15, 0.2) is 10.9 Å². The number of rotatable bonds is 5. The molecule has 0 unspecified atom stereocenters. The molecule has 30 heavy (non-hydrogen) atoms. The van der Waals surface area contributed by atoms with E-state index in [2.05, 4.69) is 6.07 Å². The zero-order valence-electron chi connectivity index (χ0n) is 17.2. The zero-order valence-corrected chi connectivity index (χ0v) is 18.0. The molecule has 4 aromatic rings. The number of aryl methyl sites for hydroxylation is 3. The monoisotopic (exact) mass is 414 g/mol. The molecule has 0 aliphatic carbocycles. The van der Waals surface area contributed by atoms with Crippen LogP contribution in [0.2, 0.25) is 0 Å². The number of Topliss-reactive ketones (excluding diaryl/α,β-unsaturated/α-hetero) is 1. The molecule has 3 aromatic carbocycles. The van der Waals surface area contributed by atoms with Crippen molar-refractivity contribution in [2.45, 2.75) is 25.9 Å². The Balaban J connectivity index is 1.78. The van der Waals surface area contributed by atoms with Gasteiger partial charge in [0.1, 0.15) is 0 Å². The maximum Gasteiger partial charge on any atom is 0.266 e. The molecule has 0 aliphatic rings. The van der Waals surface area contributed by atoms with Crippen LogP contribution in [0.4, 0.5) is 0 Å². The molecule has 0 fully saturated rings. The number of aromatic nitrogens is 2. The molecule has 0 aliphatic heterocycles. The number of carbonyl (C=O) groups is 1. The lowest BCUT2D eigenvalue weighted by atomic mass is 10.1. The lowest BCUT2D eigenvalue weighted by Crippen LogP contribution is -2.22. The second kappa shape index (κ2) is 8.28. The van der Waals surface area contributed by atoms with Gasteiger partial charge in [-0.3, -0.25) is 14.2 Å². The summed E-state index contributed by atoms with van der Waals surface area (Å²) in [6.45, 7) is 6.00. The van der Waals surface area contributed by atoms with Crippen LogP contribution in [0.5, 0.6) is 0 Å². The van der Waals surface area contributed by atoms with E-state index in [1.165, 1.54) is 11.8 Å². The first-order valence-corrected chi connectivity index (χ1v) is 10.7. The largest absolute Gasteiger partial charge is 0.293 e. The molecule has 0 N–H and O–H groups in total. The van der Waals surface area contributed by atoms with E-state index in [1.807, 2.05) is 75.4 Å². The Bertz CT molecular complexity index is 1290. The summed E-state index contributed by atoms with van der Waals surface area (Å²) in [5, 5.41) is 1.08. The van der Waals surface area contributed by atoms with E-state index in [9.17, 15) is 9.59 Å². The van der Waals surface area contributed by atoms with Crippen molar-refractivity contribution in [3.05, 3.63) is 99.3 Å². The fraction of sp³-hybridized carbons (Fsp3) is 0.160. The molecule has 0 amide bonds. The Kier molecular flexibility index (Phi) is 5.55. The molecule has 1 aromatic heterocycles. The first-order chi connectivity index (χ1) is 14.4. The van der Waals surface area contributed by atoms with E-state index in [-0.39, 0.29) is 17.1 Å². The van der Waals surface area contributed by atoms with E-state index in [1.54, 1.807) is 10.6 Å². The van der Waals surface area contributed by atoms with Gasteiger partial charge in [-0.25, -0.2) is 4.98 Å². The van der Waals surface area contributed by atoms with Gasteiger partial charge in [-0.05, 0) is 56.2 Å².